The summed E-state index contributed by atoms with van der Waals surface area (Å²) in [7, 11) is -1.73. The number of ether oxygens (including phenoxy) is 1. The predicted molar refractivity (Wildman–Crippen MR) is 49.4 cm³/mol. The molecule has 2 aliphatic heterocycles. The molecule has 2 fully saturated rings. The Morgan fingerprint density at radius 3 is 2.33 bits per heavy atom. The van der Waals surface area contributed by atoms with Crippen LogP contribution in [0.3, 0.4) is 0 Å². The summed E-state index contributed by atoms with van der Waals surface area (Å²) in [6.45, 7) is 5.73. The second-order valence-electron chi connectivity index (χ2n) is 3.97. The Hall–Kier alpha value is 0.150. The van der Waals surface area contributed by atoms with E-state index < -0.39 is 7.14 Å². The van der Waals surface area contributed by atoms with Crippen LogP contribution in [0.4, 0.5) is 0 Å². The van der Waals surface area contributed by atoms with Crippen LogP contribution in [0.1, 0.15) is 0 Å². The minimum absolute atomic E-state index is 0.630. The Morgan fingerprint density at radius 1 is 1.33 bits per heavy atom. The summed E-state index contributed by atoms with van der Waals surface area (Å²) in [4.78, 5) is 2.42. The van der Waals surface area contributed by atoms with Crippen molar-refractivity contribution in [1.29, 1.82) is 0 Å². The van der Waals surface area contributed by atoms with Gasteiger partial charge in [0.2, 0.25) is 0 Å². The molecule has 0 unspecified atom stereocenters. The highest BCUT2D eigenvalue weighted by Gasteiger charge is 2.31. The fourth-order valence-corrected chi connectivity index (χ4v) is 3.29. The van der Waals surface area contributed by atoms with E-state index >= 15 is 0 Å². The van der Waals surface area contributed by atoms with Gasteiger partial charge in [-0.3, -0.25) is 4.90 Å². The van der Waals surface area contributed by atoms with Crippen molar-refractivity contribution < 1.29 is 9.30 Å². The molecule has 70 valence electrons. The van der Waals surface area contributed by atoms with Crippen LogP contribution < -0.4 is 0 Å². The van der Waals surface area contributed by atoms with Gasteiger partial charge < -0.3 is 9.30 Å². The molecule has 2 saturated heterocycles. The van der Waals surface area contributed by atoms with Crippen LogP contribution in [0.25, 0.3) is 0 Å². The van der Waals surface area contributed by atoms with E-state index in [-0.39, 0.29) is 0 Å². The van der Waals surface area contributed by atoms with Gasteiger partial charge in [-0.2, -0.15) is 0 Å². The molecule has 2 rings (SSSR count). The van der Waals surface area contributed by atoms with E-state index in [2.05, 4.69) is 4.90 Å². The van der Waals surface area contributed by atoms with Gasteiger partial charge in [-0.05, 0) is 6.66 Å². The second kappa shape index (κ2) is 3.13. The summed E-state index contributed by atoms with van der Waals surface area (Å²) in [6.07, 6.45) is 1.81. The van der Waals surface area contributed by atoms with Gasteiger partial charge in [0, 0.05) is 25.4 Å². The van der Waals surface area contributed by atoms with Gasteiger partial charge >= 0.3 is 0 Å². The van der Waals surface area contributed by atoms with Crippen LogP contribution in [0.5, 0.6) is 0 Å². The van der Waals surface area contributed by atoms with Crippen molar-refractivity contribution in [2.45, 2.75) is 6.04 Å². The molecule has 0 aromatic carbocycles. The molecule has 0 aromatic rings. The summed E-state index contributed by atoms with van der Waals surface area (Å²) < 4.78 is 16.8. The Bertz CT molecular complexity index is 203. The smallest absolute Gasteiger partial charge is 0.0873 e. The summed E-state index contributed by atoms with van der Waals surface area (Å²) in [5.74, 6) is 0. The average molecular weight is 189 g/mol. The molecule has 0 bridgehead atoms. The lowest BCUT2D eigenvalue weighted by Crippen LogP contribution is -2.52. The molecule has 0 radical (unpaired) electrons. The topological polar surface area (TPSA) is 29.5 Å². The minimum atomic E-state index is -1.73. The van der Waals surface area contributed by atoms with Crippen molar-refractivity contribution in [2.75, 3.05) is 45.3 Å². The number of nitrogens with zero attached hydrogens (tertiary/aromatic N) is 1. The van der Waals surface area contributed by atoms with Crippen LogP contribution in [-0.2, 0) is 9.30 Å². The monoisotopic (exact) mass is 189 g/mol. The molecule has 0 aliphatic carbocycles. The lowest BCUT2D eigenvalue weighted by molar-refractivity contribution is -0.0620. The van der Waals surface area contributed by atoms with Gasteiger partial charge in [-0.1, -0.05) is 0 Å². The zero-order chi connectivity index (χ0) is 8.60. The summed E-state index contributed by atoms with van der Waals surface area (Å²) >= 11 is 0. The third-order valence-electron chi connectivity index (χ3n) is 2.86. The standard InChI is InChI=1S/C8H16NO2P/c1-12(10)4-2-9(3-5-12)8-6-11-7-8/h8H,2-7H2,1H3. The maximum atomic E-state index is 11.7. The summed E-state index contributed by atoms with van der Waals surface area (Å²) in [5, 5.41) is 0. The number of hydrogen-bond donors (Lipinski definition) is 0. The van der Waals surface area contributed by atoms with Crippen molar-refractivity contribution in [2.24, 2.45) is 0 Å². The van der Waals surface area contributed by atoms with Gasteiger partial charge in [0.15, 0.2) is 0 Å². The molecule has 2 heterocycles. The fourth-order valence-electron chi connectivity index (χ4n) is 1.70. The Labute approximate surface area is 73.4 Å². The van der Waals surface area contributed by atoms with E-state index in [9.17, 15) is 4.57 Å². The highest BCUT2D eigenvalue weighted by Crippen LogP contribution is 2.43. The Kier molecular flexibility index (Phi) is 2.28. The first-order valence-electron chi connectivity index (χ1n) is 4.55. The van der Waals surface area contributed by atoms with E-state index in [1.165, 1.54) is 0 Å². The van der Waals surface area contributed by atoms with Gasteiger partial charge in [0.05, 0.1) is 26.4 Å². The first-order chi connectivity index (χ1) is 5.67. The SMILES string of the molecule is CP1(=O)CCN(C2COC2)CC1. The van der Waals surface area contributed by atoms with Crippen molar-refractivity contribution in [3.63, 3.8) is 0 Å². The highest BCUT2D eigenvalue weighted by molar-refractivity contribution is 7.63. The van der Waals surface area contributed by atoms with Crippen molar-refractivity contribution in [3.05, 3.63) is 0 Å². The quantitative estimate of drug-likeness (QED) is 0.568. The zero-order valence-corrected chi connectivity index (χ0v) is 8.43. The van der Waals surface area contributed by atoms with Crippen molar-refractivity contribution in [1.82, 2.24) is 4.90 Å². The van der Waals surface area contributed by atoms with Crippen molar-refractivity contribution in [3.8, 4) is 0 Å². The van der Waals surface area contributed by atoms with Gasteiger partial charge in [0.1, 0.15) is 0 Å². The maximum absolute atomic E-state index is 11.7. The Morgan fingerprint density at radius 2 is 1.92 bits per heavy atom. The van der Waals surface area contributed by atoms with E-state index in [1.807, 2.05) is 6.66 Å². The molecule has 0 saturated carbocycles. The lowest BCUT2D eigenvalue weighted by Gasteiger charge is -2.40. The Balaban J connectivity index is 1.85. The number of hydrogen-bond acceptors (Lipinski definition) is 3. The molecule has 12 heavy (non-hydrogen) atoms. The van der Waals surface area contributed by atoms with Crippen LogP contribution in [0, 0.1) is 0 Å². The normalized spacial score (nSPS) is 31.4. The van der Waals surface area contributed by atoms with E-state index in [1.54, 1.807) is 0 Å². The van der Waals surface area contributed by atoms with Gasteiger partial charge in [0.25, 0.3) is 0 Å². The molecule has 3 nitrogen and oxygen atoms in total. The molecule has 2 aliphatic rings. The van der Waals surface area contributed by atoms with Gasteiger partial charge in [-0.25, -0.2) is 0 Å². The molecule has 0 atom stereocenters. The molecule has 0 spiro atoms. The van der Waals surface area contributed by atoms with Crippen molar-refractivity contribution >= 4 is 7.14 Å². The summed E-state index contributed by atoms with van der Waals surface area (Å²) in [6, 6.07) is 0.630. The molecule has 4 heteroatoms. The van der Waals surface area contributed by atoms with Crippen LogP contribution >= 0.6 is 7.14 Å². The van der Waals surface area contributed by atoms with E-state index in [0.717, 1.165) is 38.6 Å². The van der Waals surface area contributed by atoms with Gasteiger partial charge in [-0.15, -0.1) is 0 Å². The third-order valence-corrected chi connectivity index (χ3v) is 5.15. The summed E-state index contributed by atoms with van der Waals surface area (Å²) in [5.41, 5.74) is 0. The lowest BCUT2D eigenvalue weighted by atomic mass is 10.2. The van der Waals surface area contributed by atoms with Crippen LogP contribution in [-0.4, -0.2) is 56.2 Å². The molecule has 0 aromatic heterocycles. The first kappa shape index (κ1) is 8.74. The zero-order valence-electron chi connectivity index (χ0n) is 7.53. The largest absolute Gasteiger partial charge is 0.378 e. The fraction of sp³-hybridized carbons (Fsp3) is 1.00. The molecular formula is C8H16NO2P. The third kappa shape index (κ3) is 1.73. The van der Waals surface area contributed by atoms with Crippen LogP contribution in [0.15, 0.2) is 0 Å². The minimum Gasteiger partial charge on any atom is -0.378 e. The molecular weight excluding hydrogens is 173 g/mol. The first-order valence-corrected chi connectivity index (χ1v) is 7.07. The predicted octanol–water partition coefficient (Wildman–Crippen LogP) is 0.694. The van der Waals surface area contributed by atoms with E-state index in [4.69, 9.17) is 4.74 Å². The number of rotatable bonds is 1. The second-order valence-corrected chi connectivity index (χ2v) is 7.46. The highest BCUT2D eigenvalue weighted by atomic mass is 31.2. The van der Waals surface area contributed by atoms with E-state index in [0.29, 0.717) is 6.04 Å². The maximum Gasteiger partial charge on any atom is 0.0873 e. The molecule has 0 amide bonds. The average Bonchev–Trinajstić information content (AvgIpc) is 1.89. The molecule has 0 N–H and O–H groups in total. The van der Waals surface area contributed by atoms with Crippen LogP contribution in [0.2, 0.25) is 0 Å².